The average molecular weight is 1780 g/mol. The number of benzene rings is 7. The van der Waals surface area contributed by atoms with Gasteiger partial charge >= 0.3 is 6.18 Å². The van der Waals surface area contributed by atoms with Crippen LogP contribution in [0.2, 0.25) is 0 Å². The smallest absolute Gasteiger partial charge is 0.341 e. The van der Waals surface area contributed by atoms with Gasteiger partial charge < -0.3 is 24.5 Å². The Bertz CT molecular complexity index is 5100. The molecule has 672 valence electrons. The Hall–Kier alpha value is -9.67. The standard InChI is InChI=1S/C18H16F3NO.C16H20F3NO.C14H13F6NO.C14H18F3NO2S.2C13H14F3NO/c1-22(11-12-9-14(19)10-15(20)16(12)21)17(23)18(7-8-18)13-5-3-2-4-6-13;1-15(2)13(16(15,3)4)14(21)20(5)8-9-6-10(17)12(19)11(18)7-9;1-21(7-8-5-9(15)6-10(16)11(8)17)12(22)13(3-2-4-13)14(18,19)20;1-18(21(19,20)12-5-3-2-4-6-12)9-10-7-11(15)8-13(16)14(10)17;1-13(3-4-13)12(18)17(2)7-8-5-9(14)6-10(15)11(8)16;1-17(13(18)8-3-2-4-8)7-9-5-10(14)6-11(15)12(9)16/h2-6,9-10H,7-8,11H2,1H3;6-7,13H,8H2,1-5H3;5-6H,2-4,7H2,1H3;7-8,12H,2-6,9H2,1H3;5-6H,3-4,7H2,1-2H3;5-6,8H,2-4,7H2,1H3. The molecule has 13 nitrogen and oxygen atoms in total. The third kappa shape index (κ3) is 23.3. The van der Waals surface area contributed by atoms with Crippen LogP contribution in [0.3, 0.4) is 0 Å². The first-order valence-corrected chi connectivity index (χ1v) is 40.8. The van der Waals surface area contributed by atoms with Crippen molar-refractivity contribution in [3.63, 3.8) is 0 Å². The summed E-state index contributed by atoms with van der Waals surface area (Å²) in [4.78, 5) is 67.1. The molecule has 0 radical (unpaired) electrons. The summed E-state index contributed by atoms with van der Waals surface area (Å²) >= 11 is 0. The van der Waals surface area contributed by atoms with Crippen LogP contribution in [0.15, 0.2) is 103 Å². The number of carbonyl (C=O) groups is 5. The van der Waals surface area contributed by atoms with Gasteiger partial charge in [-0.3, -0.25) is 24.0 Å². The maximum Gasteiger partial charge on any atom is 0.403 e. The summed E-state index contributed by atoms with van der Waals surface area (Å²) < 4.78 is 303. The molecule has 0 saturated heterocycles. The molecule has 0 aromatic heterocycles. The van der Waals surface area contributed by atoms with Crippen molar-refractivity contribution in [2.24, 2.45) is 33.5 Å². The Morgan fingerprint density at radius 3 is 1.03 bits per heavy atom. The zero-order chi connectivity index (χ0) is 91.9. The Balaban J connectivity index is 0.000000184. The zero-order valence-corrected chi connectivity index (χ0v) is 70.1. The van der Waals surface area contributed by atoms with E-state index in [0.717, 1.165) is 118 Å². The molecule has 13 rings (SSSR count). The highest BCUT2D eigenvalue weighted by Gasteiger charge is 2.69. The lowest BCUT2D eigenvalue weighted by Crippen LogP contribution is -2.55. The molecule has 0 aliphatic heterocycles. The van der Waals surface area contributed by atoms with Gasteiger partial charge in [0.15, 0.2) is 75.6 Å². The summed E-state index contributed by atoms with van der Waals surface area (Å²) in [7, 11) is 4.92. The highest BCUT2D eigenvalue weighted by atomic mass is 32.2. The number of hydrogen-bond acceptors (Lipinski definition) is 7. The third-order valence-corrected chi connectivity index (χ3v) is 26.2. The van der Waals surface area contributed by atoms with E-state index in [1.807, 2.05) is 65.0 Å². The van der Waals surface area contributed by atoms with Crippen molar-refractivity contribution in [1.82, 2.24) is 28.8 Å². The first-order valence-electron chi connectivity index (χ1n) is 39.3. The van der Waals surface area contributed by atoms with Crippen LogP contribution in [-0.4, -0.2) is 120 Å². The lowest BCUT2D eigenvalue weighted by molar-refractivity contribution is -0.248. The van der Waals surface area contributed by atoms with Gasteiger partial charge in [0, 0.05) is 157 Å². The van der Waals surface area contributed by atoms with Gasteiger partial charge in [0.1, 0.15) is 34.5 Å². The van der Waals surface area contributed by atoms with Crippen molar-refractivity contribution in [2.45, 2.75) is 187 Å². The van der Waals surface area contributed by atoms with Gasteiger partial charge in [-0.15, -0.1) is 0 Å². The molecule has 6 fully saturated rings. The second kappa shape index (κ2) is 39.7. The van der Waals surface area contributed by atoms with Crippen molar-refractivity contribution >= 4 is 39.6 Å². The van der Waals surface area contributed by atoms with E-state index < -0.39 is 155 Å². The van der Waals surface area contributed by atoms with Crippen molar-refractivity contribution in [3.05, 3.63) is 247 Å². The van der Waals surface area contributed by atoms with Gasteiger partial charge in [-0.2, -0.15) is 13.2 Å². The summed E-state index contributed by atoms with van der Waals surface area (Å²) in [5, 5.41) is -0.488. The molecular formula is C88H95F21N6O7S. The molecule has 123 heavy (non-hydrogen) atoms. The summed E-state index contributed by atoms with van der Waals surface area (Å²) in [6, 6.07) is 17.7. The van der Waals surface area contributed by atoms with Crippen LogP contribution in [0.4, 0.5) is 92.2 Å². The first kappa shape index (κ1) is 98.8. The molecule has 0 heterocycles. The van der Waals surface area contributed by atoms with Crippen LogP contribution in [-0.2, 0) is 78.7 Å². The molecule has 0 N–H and O–H groups in total. The normalized spacial score (nSPS) is 16.9. The van der Waals surface area contributed by atoms with Gasteiger partial charge in [0.25, 0.3) is 0 Å². The molecule has 0 unspecified atom stereocenters. The number of sulfonamides is 1. The van der Waals surface area contributed by atoms with Crippen LogP contribution in [0.5, 0.6) is 0 Å². The number of alkyl halides is 3. The number of nitrogens with zero attached hydrogens (tertiary/aromatic N) is 6. The summed E-state index contributed by atoms with van der Waals surface area (Å²) in [6.07, 6.45) is 4.50. The summed E-state index contributed by atoms with van der Waals surface area (Å²) in [5.41, 5.74) is -3.73. The molecule has 6 aliphatic carbocycles. The number of rotatable bonds is 20. The average Bonchev–Trinajstić information content (AvgIpc) is 1.53. The van der Waals surface area contributed by atoms with E-state index in [4.69, 9.17) is 0 Å². The fraction of sp³-hybridized carbons (Fsp3) is 0.466. The molecular weight excluding hydrogens is 1680 g/mol. The quantitative estimate of drug-likeness (QED) is 0.0421. The number of halogens is 21. The van der Waals surface area contributed by atoms with Gasteiger partial charge in [0.2, 0.25) is 39.6 Å². The van der Waals surface area contributed by atoms with E-state index in [9.17, 15) is 125 Å². The predicted octanol–water partition coefficient (Wildman–Crippen LogP) is 20.3. The lowest BCUT2D eigenvalue weighted by Gasteiger charge is -2.43. The maximum absolute atomic E-state index is 13.8. The van der Waals surface area contributed by atoms with Crippen LogP contribution < -0.4 is 0 Å². The molecule has 5 amide bonds. The summed E-state index contributed by atoms with van der Waals surface area (Å²) in [6.45, 7) is 8.56. The minimum atomic E-state index is -4.71. The fourth-order valence-electron chi connectivity index (χ4n) is 15.2. The topological polar surface area (TPSA) is 139 Å². The fourth-order valence-corrected chi connectivity index (χ4v) is 16.9. The van der Waals surface area contributed by atoms with Crippen LogP contribution in [0.1, 0.15) is 170 Å². The largest absolute Gasteiger partial charge is 0.403 e. The number of carbonyl (C=O) groups excluding carboxylic acids is 5. The maximum atomic E-state index is 13.8. The molecule has 35 heteroatoms. The number of likely N-dealkylation sites (N-methyl/N-ethyl adjacent to an activating group) is 1. The van der Waals surface area contributed by atoms with E-state index in [1.54, 1.807) is 7.05 Å². The van der Waals surface area contributed by atoms with E-state index in [2.05, 4.69) is 0 Å². The molecule has 7 aromatic rings. The van der Waals surface area contributed by atoms with Crippen molar-refractivity contribution in [3.8, 4) is 0 Å². The van der Waals surface area contributed by atoms with Crippen molar-refractivity contribution < 1.29 is 125 Å². The monoisotopic (exact) mass is 1780 g/mol. The van der Waals surface area contributed by atoms with Crippen LogP contribution in [0.25, 0.3) is 0 Å². The SMILES string of the molecule is CN(Cc1cc(F)c(F)c(F)c1)C(=O)C1C(C)(C)C1(C)C.CN(Cc1cc(F)cc(F)c1F)C(=O)C1(C(F)(F)F)CCC1.CN(Cc1cc(F)cc(F)c1F)C(=O)C1(C)CC1.CN(Cc1cc(F)cc(F)c1F)C(=O)C1(c2ccccc2)CC1.CN(Cc1cc(F)cc(F)c1F)C(=O)C1CCC1.CN(Cc1cc(F)cc(F)c1F)S(=O)(=O)C1CCCCC1. The Kier molecular flexibility index (Phi) is 31.9. The molecule has 7 aromatic carbocycles. The molecule has 6 saturated carbocycles. The van der Waals surface area contributed by atoms with Gasteiger partial charge in [-0.25, -0.2) is 91.8 Å². The first-order chi connectivity index (χ1) is 57.2. The summed E-state index contributed by atoms with van der Waals surface area (Å²) in [5.74, 6) is -22.6. The minimum Gasteiger partial charge on any atom is -0.341 e. The van der Waals surface area contributed by atoms with E-state index in [1.165, 1.54) is 47.8 Å². The van der Waals surface area contributed by atoms with Gasteiger partial charge in [0.05, 0.1) is 10.7 Å². The third-order valence-electron chi connectivity index (χ3n) is 23.9. The highest BCUT2D eigenvalue weighted by molar-refractivity contribution is 7.89. The zero-order valence-electron chi connectivity index (χ0n) is 69.3. The van der Waals surface area contributed by atoms with Gasteiger partial charge in [-0.1, -0.05) is 97.1 Å². The second-order valence-corrected chi connectivity index (χ2v) is 35.9. The van der Waals surface area contributed by atoms with Gasteiger partial charge in [-0.05, 0) is 129 Å². The second-order valence-electron chi connectivity index (χ2n) is 33.6. The highest BCUT2D eigenvalue weighted by Crippen LogP contribution is 2.69. The number of amides is 5. The molecule has 0 spiro atoms. The van der Waals surface area contributed by atoms with Crippen LogP contribution in [0, 0.1) is 138 Å². The van der Waals surface area contributed by atoms with Crippen LogP contribution >= 0.6 is 0 Å². The van der Waals surface area contributed by atoms with E-state index in [-0.39, 0.29) is 132 Å². The molecule has 6 aliphatic rings. The van der Waals surface area contributed by atoms with Crippen molar-refractivity contribution in [1.29, 1.82) is 0 Å². The Morgan fingerprint density at radius 1 is 0.366 bits per heavy atom. The van der Waals surface area contributed by atoms with E-state index in [0.29, 0.717) is 54.1 Å². The minimum absolute atomic E-state index is 0.0172. The predicted molar refractivity (Wildman–Crippen MR) is 413 cm³/mol. The molecule has 0 bridgehead atoms. The number of hydrogen-bond donors (Lipinski definition) is 0. The Morgan fingerprint density at radius 2 is 0.707 bits per heavy atom. The Labute approximate surface area is 699 Å². The lowest BCUT2D eigenvalue weighted by atomic mass is 9.67. The molecule has 0 atom stereocenters. The van der Waals surface area contributed by atoms with E-state index >= 15 is 0 Å². The van der Waals surface area contributed by atoms with Crippen molar-refractivity contribution in [2.75, 3.05) is 42.3 Å².